The Morgan fingerprint density at radius 3 is 2.47 bits per heavy atom. The number of Topliss-reactive ketones (excluding diaryl/α,β-unsaturated/α-hetero) is 1. The lowest BCUT2D eigenvalue weighted by Crippen LogP contribution is -2.39. The summed E-state index contributed by atoms with van der Waals surface area (Å²) < 4.78 is 26.7. The first-order valence-electron chi connectivity index (χ1n) is 16.5. The van der Waals surface area contributed by atoms with Crippen molar-refractivity contribution in [2.45, 2.75) is 71.1 Å². The fourth-order valence-electron chi connectivity index (χ4n) is 6.04. The Hall–Kier alpha value is -4.59. The molecule has 1 aliphatic heterocycles. The molecular weight excluding hydrogens is 629 g/mol. The van der Waals surface area contributed by atoms with Gasteiger partial charge in [-0.15, -0.1) is 0 Å². The summed E-state index contributed by atoms with van der Waals surface area (Å²) in [6.07, 6.45) is 5.80. The first-order valence-corrected chi connectivity index (χ1v) is 16.5. The standard InChI is InChI=1S/C36H42FN7O5/c1-23-30(19-29(45)17-25-22-42(15-16-47-5)49-33(25)24-13-14-38-31(37)18-24)44(28-9-7-6-8-10-28)41-32(23)26-20-39-34(40-21-26)43(27-11-12-27)35(46)48-36(2,3)4/h6-10,13-14,18,20-21,25,27,33H,11-12,15-17,19,22H2,1-5H3/t25-,33+/m1/s1. The van der Waals surface area contributed by atoms with Crippen LogP contribution in [0.4, 0.5) is 15.1 Å². The number of para-hydroxylation sites is 1. The third-order valence-electron chi connectivity index (χ3n) is 8.48. The SMILES string of the molecule is COCCN1C[C@@H](CC(=O)Cc2c(C)c(-c3cnc(N(C(=O)OC(C)(C)C)C4CC4)nc3)nn2-c2ccccc2)[C@H](c2ccnc(F)c2)O1. The minimum Gasteiger partial charge on any atom is -0.443 e. The molecule has 1 saturated carbocycles. The molecule has 13 heteroatoms. The topological polar surface area (TPSA) is 125 Å². The van der Waals surface area contributed by atoms with Crippen LogP contribution < -0.4 is 4.90 Å². The summed E-state index contributed by atoms with van der Waals surface area (Å²) in [5, 5.41) is 6.72. The number of hydrogen-bond donors (Lipinski definition) is 0. The van der Waals surface area contributed by atoms with E-state index in [0.29, 0.717) is 36.5 Å². The van der Waals surface area contributed by atoms with Gasteiger partial charge in [-0.3, -0.25) is 9.63 Å². The van der Waals surface area contributed by atoms with Crippen molar-refractivity contribution < 1.29 is 28.3 Å². The van der Waals surface area contributed by atoms with Crippen molar-refractivity contribution in [3.05, 3.63) is 83.8 Å². The number of amides is 1. The normalized spacial score (nSPS) is 18.1. The molecule has 3 aromatic heterocycles. The number of aromatic nitrogens is 5. The molecule has 6 rings (SSSR count). The van der Waals surface area contributed by atoms with E-state index in [1.807, 2.05) is 58.0 Å². The van der Waals surface area contributed by atoms with E-state index < -0.39 is 23.7 Å². The van der Waals surface area contributed by atoms with Crippen LogP contribution in [0.1, 0.15) is 63.0 Å². The van der Waals surface area contributed by atoms with Crippen LogP contribution in [0.3, 0.4) is 0 Å². The van der Waals surface area contributed by atoms with E-state index in [0.717, 1.165) is 29.8 Å². The number of hydroxylamine groups is 2. The number of rotatable bonds is 12. The molecule has 0 N–H and O–H groups in total. The quantitative estimate of drug-likeness (QED) is 0.170. The second kappa shape index (κ2) is 14.5. The zero-order valence-corrected chi connectivity index (χ0v) is 28.5. The zero-order valence-electron chi connectivity index (χ0n) is 28.5. The number of carbonyl (C=O) groups excluding carboxylic acids is 2. The van der Waals surface area contributed by atoms with E-state index in [1.165, 1.54) is 17.2 Å². The predicted octanol–water partition coefficient (Wildman–Crippen LogP) is 5.83. The lowest BCUT2D eigenvalue weighted by atomic mass is 9.91. The van der Waals surface area contributed by atoms with Gasteiger partial charge >= 0.3 is 6.09 Å². The Balaban J connectivity index is 1.26. The molecule has 0 spiro atoms. The van der Waals surface area contributed by atoms with Gasteiger partial charge < -0.3 is 9.47 Å². The highest BCUT2D eigenvalue weighted by molar-refractivity contribution is 5.87. The molecule has 0 radical (unpaired) electrons. The van der Waals surface area contributed by atoms with E-state index in [1.54, 1.807) is 35.3 Å². The minimum atomic E-state index is -0.647. The number of ketones is 1. The van der Waals surface area contributed by atoms with Crippen LogP contribution in [0, 0.1) is 18.8 Å². The van der Waals surface area contributed by atoms with Crippen molar-refractivity contribution in [3.8, 4) is 16.9 Å². The Labute approximate surface area is 285 Å². The van der Waals surface area contributed by atoms with Gasteiger partial charge in [0.05, 0.1) is 23.7 Å². The Kier molecular flexibility index (Phi) is 10.1. The number of halogens is 1. The smallest absolute Gasteiger partial charge is 0.417 e. The summed E-state index contributed by atoms with van der Waals surface area (Å²) >= 11 is 0. The van der Waals surface area contributed by atoms with Crippen LogP contribution in [0.25, 0.3) is 16.9 Å². The first kappa shape index (κ1) is 34.3. The largest absolute Gasteiger partial charge is 0.443 e. The molecule has 49 heavy (non-hydrogen) atoms. The summed E-state index contributed by atoms with van der Waals surface area (Å²) in [5.74, 6) is -0.534. The van der Waals surface area contributed by atoms with Crippen molar-refractivity contribution in [1.82, 2.24) is 29.8 Å². The summed E-state index contributed by atoms with van der Waals surface area (Å²) in [4.78, 5) is 47.4. The molecule has 2 aliphatic rings. The molecule has 1 amide bonds. The van der Waals surface area contributed by atoms with Gasteiger partial charge in [-0.2, -0.15) is 14.6 Å². The molecule has 258 valence electrons. The monoisotopic (exact) mass is 671 g/mol. The lowest BCUT2D eigenvalue weighted by molar-refractivity contribution is -0.155. The van der Waals surface area contributed by atoms with E-state index in [2.05, 4.69) is 15.0 Å². The maximum atomic E-state index is 14.1. The van der Waals surface area contributed by atoms with Gasteiger partial charge in [0, 0.05) is 69.2 Å². The Morgan fingerprint density at radius 2 is 1.82 bits per heavy atom. The number of carbonyl (C=O) groups is 2. The molecule has 0 unspecified atom stereocenters. The van der Waals surface area contributed by atoms with Gasteiger partial charge in [-0.1, -0.05) is 18.2 Å². The summed E-state index contributed by atoms with van der Waals surface area (Å²) in [6.45, 7) is 8.89. The third kappa shape index (κ3) is 8.18. The van der Waals surface area contributed by atoms with Gasteiger partial charge in [0.2, 0.25) is 11.9 Å². The summed E-state index contributed by atoms with van der Waals surface area (Å²) in [6, 6.07) is 12.7. The number of nitrogens with zero attached hydrogens (tertiary/aromatic N) is 7. The molecule has 1 aliphatic carbocycles. The Bertz CT molecular complexity index is 1770. The maximum absolute atomic E-state index is 14.1. The molecule has 12 nitrogen and oxygen atoms in total. The number of anilines is 1. The van der Waals surface area contributed by atoms with Crippen LogP contribution in [0.2, 0.25) is 0 Å². The van der Waals surface area contributed by atoms with Crippen molar-refractivity contribution in [3.63, 3.8) is 0 Å². The minimum absolute atomic E-state index is 0.00233. The third-order valence-corrected chi connectivity index (χ3v) is 8.48. The number of ether oxygens (including phenoxy) is 2. The molecular formula is C36H42FN7O5. The number of hydrogen-bond acceptors (Lipinski definition) is 10. The van der Waals surface area contributed by atoms with Gasteiger partial charge in [0.25, 0.3) is 0 Å². The van der Waals surface area contributed by atoms with Crippen LogP contribution in [0.5, 0.6) is 0 Å². The van der Waals surface area contributed by atoms with E-state index in [4.69, 9.17) is 19.4 Å². The molecule has 1 saturated heterocycles. The molecule has 0 bridgehead atoms. The number of benzene rings is 1. The highest BCUT2D eigenvalue weighted by atomic mass is 19.1. The van der Waals surface area contributed by atoms with E-state index in [9.17, 15) is 14.0 Å². The summed E-state index contributed by atoms with van der Waals surface area (Å²) in [7, 11) is 1.62. The average molecular weight is 672 g/mol. The first-order chi connectivity index (χ1) is 23.5. The van der Waals surface area contributed by atoms with Gasteiger partial charge in [0.15, 0.2) is 0 Å². The van der Waals surface area contributed by atoms with Crippen molar-refractivity contribution >= 4 is 17.8 Å². The zero-order chi connectivity index (χ0) is 34.7. The molecule has 1 aromatic carbocycles. The van der Waals surface area contributed by atoms with Gasteiger partial charge in [-0.25, -0.2) is 29.3 Å². The lowest BCUT2D eigenvalue weighted by Gasteiger charge is -2.26. The second-order valence-corrected chi connectivity index (χ2v) is 13.5. The van der Waals surface area contributed by atoms with E-state index >= 15 is 0 Å². The van der Waals surface area contributed by atoms with Crippen molar-refractivity contribution in [1.29, 1.82) is 0 Å². The number of pyridine rings is 1. The van der Waals surface area contributed by atoms with Crippen LogP contribution in [0.15, 0.2) is 61.1 Å². The van der Waals surface area contributed by atoms with Gasteiger partial charge in [-0.05, 0) is 75.9 Å². The van der Waals surface area contributed by atoms with Crippen LogP contribution in [-0.4, -0.2) is 80.1 Å². The van der Waals surface area contributed by atoms with E-state index in [-0.39, 0.29) is 36.5 Å². The highest BCUT2D eigenvalue weighted by Gasteiger charge is 2.39. The molecule has 2 fully saturated rings. The van der Waals surface area contributed by atoms with Crippen molar-refractivity contribution in [2.24, 2.45) is 5.92 Å². The maximum Gasteiger partial charge on any atom is 0.417 e. The van der Waals surface area contributed by atoms with Crippen LogP contribution >= 0.6 is 0 Å². The average Bonchev–Trinajstić information content (AvgIpc) is 3.73. The highest BCUT2D eigenvalue weighted by Crippen LogP contribution is 2.37. The van der Waals surface area contributed by atoms with Crippen molar-refractivity contribution in [2.75, 3.05) is 31.7 Å². The summed E-state index contributed by atoms with van der Waals surface area (Å²) in [5.41, 5.74) is 3.64. The molecule has 4 heterocycles. The molecule has 4 aromatic rings. The second-order valence-electron chi connectivity index (χ2n) is 13.5. The predicted molar refractivity (Wildman–Crippen MR) is 179 cm³/mol. The Morgan fingerprint density at radius 1 is 1.08 bits per heavy atom. The fourth-order valence-corrected chi connectivity index (χ4v) is 6.04. The fraction of sp³-hybridized carbons (Fsp3) is 0.444. The number of methoxy groups -OCH3 is 1. The van der Waals surface area contributed by atoms with Crippen LogP contribution in [-0.2, 0) is 25.5 Å². The molecule has 2 atom stereocenters. The van der Waals surface area contributed by atoms with Gasteiger partial charge in [0.1, 0.15) is 17.5 Å².